The lowest BCUT2D eigenvalue weighted by Crippen LogP contribution is -2.50. The number of ether oxygens (including phenoxy) is 1. The van der Waals surface area contributed by atoms with Crippen LogP contribution >= 0.6 is 11.6 Å². The number of nitrogens with one attached hydrogen (secondary N) is 1. The maximum atomic E-state index is 12.5. The van der Waals surface area contributed by atoms with Gasteiger partial charge in [-0.3, -0.25) is 9.89 Å². The van der Waals surface area contributed by atoms with Crippen LogP contribution in [0.4, 0.5) is 5.82 Å². The van der Waals surface area contributed by atoms with Crippen LogP contribution in [0.5, 0.6) is 5.75 Å². The fraction of sp³-hybridized carbons (Fsp3) is 0.273. The van der Waals surface area contributed by atoms with E-state index in [0.717, 1.165) is 41.5 Å². The molecule has 2 aromatic carbocycles. The third-order valence-electron chi connectivity index (χ3n) is 5.12. The largest absolute Gasteiger partial charge is 0.484 e. The fourth-order valence-corrected chi connectivity index (χ4v) is 3.51. The minimum Gasteiger partial charge on any atom is -0.484 e. The minimum atomic E-state index is 0.0109. The van der Waals surface area contributed by atoms with E-state index in [1.54, 1.807) is 0 Å². The first kappa shape index (κ1) is 19.3. The number of carbonyl (C=O) groups excluding carboxylic acids is 1. The molecule has 2 heterocycles. The van der Waals surface area contributed by atoms with E-state index in [2.05, 4.69) is 15.1 Å². The monoisotopic (exact) mass is 410 g/mol. The summed E-state index contributed by atoms with van der Waals surface area (Å²) in [6, 6.07) is 17.4. The number of aromatic nitrogens is 2. The fourth-order valence-electron chi connectivity index (χ4n) is 3.38. The normalized spacial score (nSPS) is 14.1. The number of aryl methyl sites for hydroxylation is 1. The number of piperazine rings is 1. The van der Waals surface area contributed by atoms with Crippen LogP contribution in [-0.4, -0.2) is 53.8 Å². The Labute approximate surface area is 175 Å². The Kier molecular flexibility index (Phi) is 5.71. The predicted molar refractivity (Wildman–Crippen MR) is 115 cm³/mol. The second-order valence-electron chi connectivity index (χ2n) is 7.07. The van der Waals surface area contributed by atoms with Crippen LogP contribution < -0.4 is 9.64 Å². The molecule has 1 saturated heterocycles. The molecule has 1 aliphatic heterocycles. The number of hydrogen-bond donors (Lipinski definition) is 1. The SMILES string of the molecule is Cc1ccccc1OCC(=O)N1CCN(c2cc(-c3ccc(Cl)cc3)[nH]n2)CC1. The van der Waals surface area contributed by atoms with Crippen molar-refractivity contribution in [3.63, 3.8) is 0 Å². The van der Waals surface area contributed by atoms with Crippen LogP contribution in [0.1, 0.15) is 5.56 Å². The van der Waals surface area contributed by atoms with Gasteiger partial charge in [-0.25, -0.2) is 0 Å². The molecule has 1 aliphatic rings. The van der Waals surface area contributed by atoms with Crippen LogP contribution in [0.25, 0.3) is 11.3 Å². The third-order valence-corrected chi connectivity index (χ3v) is 5.37. The molecule has 0 aliphatic carbocycles. The number of aromatic amines is 1. The number of rotatable bonds is 5. The number of halogens is 1. The highest BCUT2D eigenvalue weighted by Crippen LogP contribution is 2.24. The van der Waals surface area contributed by atoms with Crippen LogP contribution in [0.15, 0.2) is 54.6 Å². The van der Waals surface area contributed by atoms with E-state index >= 15 is 0 Å². The molecule has 1 aromatic heterocycles. The molecule has 29 heavy (non-hydrogen) atoms. The van der Waals surface area contributed by atoms with Gasteiger partial charge in [0.25, 0.3) is 5.91 Å². The number of amides is 1. The second kappa shape index (κ2) is 8.57. The van der Waals surface area contributed by atoms with Crippen molar-refractivity contribution >= 4 is 23.3 Å². The summed E-state index contributed by atoms with van der Waals surface area (Å²) in [6.45, 7) is 4.81. The van der Waals surface area contributed by atoms with Gasteiger partial charge in [-0.2, -0.15) is 5.10 Å². The van der Waals surface area contributed by atoms with E-state index < -0.39 is 0 Å². The van der Waals surface area contributed by atoms with Crippen molar-refractivity contribution < 1.29 is 9.53 Å². The van der Waals surface area contributed by atoms with E-state index in [1.807, 2.05) is 66.4 Å². The molecule has 0 saturated carbocycles. The first-order valence-electron chi connectivity index (χ1n) is 9.62. The van der Waals surface area contributed by atoms with Gasteiger partial charge in [-0.15, -0.1) is 0 Å². The number of H-pyrrole nitrogens is 1. The van der Waals surface area contributed by atoms with Gasteiger partial charge in [-0.1, -0.05) is 41.9 Å². The van der Waals surface area contributed by atoms with Crippen molar-refractivity contribution in [1.29, 1.82) is 0 Å². The number of anilines is 1. The zero-order valence-electron chi connectivity index (χ0n) is 16.3. The molecule has 4 rings (SSSR count). The molecule has 0 bridgehead atoms. The average molecular weight is 411 g/mol. The first-order valence-corrected chi connectivity index (χ1v) is 10.0. The number of benzene rings is 2. The Morgan fingerprint density at radius 1 is 1.10 bits per heavy atom. The third kappa shape index (κ3) is 4.54. The molecule has 0 unspecified atom stereocenters. The molecule has 1 N–H and O–H groups in total. The summed E-state index contributed by atoms with van der Waals surface area (Å²) in [4.78, 5) is 16.5. The van der Waals surface area contributed by atoms with E-state index in [-0.39, 0.29) is 12.5 Å². The van der Waals surface area contributed by atoms with Crippen molar-refractivity contribution in [2.45, 2.75) is 6.92 Å². The summed E-state index contributed by atoms with van der Waals surface area (Å²) in [5.74, 6) is 1.65. The van der Waals surface area contributed by atoms with Gasteiger partial charge in [0.2, 0.25) is 0 Å². The Morgan fingerprint density at radius 2 is 1.83 bits per heavy atom. The number of para-hydroxylation sites is 1. The summed E-state index contributed by atoms with van der Waals surface area (Å²) >= 11 is 5.96. The van der Waals surface area contributed by atoms with E-state index in [0.29, 0.717) is 18.1 Å². The molecule has 7 heteroatoms. The molecule has 3 aromatic rings. The molecule has 1 fully saturated rings. The lowest BCUT2D eigenvalue weighted by molar-refractivity contribution is -0.133. The highest BCUT2D eigenvalue weighted by Gasteiger charge is 2.23. The molecule has 1 amide bonds. The minimum absolute atomic E-state index is 0.0109. The maximum absolute atomic E-state index is 12.5. The van der Waals surface area contributed by atoms with Gasteiger partial charge in [0, 0.05) is 37.3 Å². The van der Waals surface area contributed by atoms with E-state index in [9.17, 15) is 4.79 Å². The van der Waals surface area contributed by atoms with E-state index in [4.69, 9.17) is 16.3 Å². The average Bonchev–Trinajstić information content (AvgIpc) is 3.24. The van der Waals surface area contributed by atoms with Gasteiger partial charge >= 0.3 is 0 Å². The number of nitrogens with zero attached hydrogens (tertiary/aromatic N) is 3. The lowest BCUT2D eigenvalue weighted by atomic mass is 10.1. The van der Waals surface area contributed by atoms with Crippen LogP contribution in [0.2, 0.25) is 5.02 Å². The molecule has 150 valence electrons. The van der Waals surface area contributed by atoms with Crippen molar-refractivity contribution in [1.82, 2.24) is 15.1 Å². The van der Waals surface area contributed by atoms with Crippen LogP contribution in [0.3, 0.4) is 0 Å². The summed E-state index contributed by atoms with van der Waals surface area (Å²) in [5.41, 5.74) is 3.01. The maximum Gasteiger partial charge on any atom is 0.260 e. The Morgan fingerprint density at radius 3 is 2.55 bits per heavy atom. The Balaban J connectivity index is 1.31. The quantitative estimate of drug-likeness (QED) is 0.695. The lowest BCUT2D eigenvalue weighted by Gasteiger charge is -2.34. The van der Waals surface area contributed by atoms with Gasteiger partial charge < -0.3 is 14.5 Å². The van der Waals surface area contributed by atoms with Crippen molar-refractivity contribution in [2.75, 3.05) is 37.7 Å². The molecular formula is C22H23ClN4O2. The smallest absolute Gasteiger partial charge is 0.260 e. The Bertz CT molecular complexity index is 978. The number of carbonyl (C=O) groups is 1. The highest BCUT2D eigenvalue weighted by atomic mass is 35.5. The van der Waals surface area contributed by atoms with Crippen molar-refractivity contribution in [2.24, 2.45) is 0 Å². The molecule has 0 atom stereocenters. The summed E-state index contributed by atoms with van der Waals surface area (Å²) in [6.07, 6.45) is 0. The standard InChI is InChI=1S/C22H23ClN4O2/c1-16-4-2-3-5-20(16)29-15-22(28)27-12-10-26(11-13-27)21-14-19(24-25-21)17-6-8-18(23)9-7-17/h2-9,14H,10-13,15H2,1H3,(H,24,25). The molecule has 6 nitrogen and oxygen atoms in total. The summed E-state index contributed by atoms with van der Waals surface area (Å²) < 4.78 is 5.69. The molecular weight excluding hydrogens is 388 g/mol. The number of hydrogen-bond acceptors (Lipinski definition) is 4. The van der Waals surface area contributed by atoms with Gasteiger partial charge in [0.1, 0.15) is 5.75 Å². The zero-order chi connectivity index (χ0) is 20.2. The zero-order valence-corrected chi connectivity index (χ0v) is 17.0. The Hall–Kier alpha value is -2.99. The summed E-state index contributed by atoms with van der Waals surface area (Å²) in [5, 5.41) is 8.22. The van der Waals surface area contributed by atoms with Crippen molar-refractivity contribution in [3.8, 4) is 17.0 Å². The van der Waals surface area contributed by atoms with Crippen LogP contribution in [0, 0.1) is 6.92 Å². The van der Waals surface area contributed by atoms with Crippen LogP contribution in [-0.2, 0) is 4.79 Å². The van der Waals surface area contributed by atoms with Gasteiger partial charge in [-0.05, 0) is 36.2 Å². The second-order valence-corrected chi connectivity index (χ2v) is 7.51. The predicted octanol–water partition coefficient (Wildman–Crippen LogP) is 3.77. The molecule has 0 spiro atoms. The topological polar surface area (TPSA) is 61.5 Å². The molecule has 0 radical (unpaired) electrons. The van der Waals surface area contributed by atoms with Gasteiger partial charge in [0.15, 0.2) is 12.4 Å². The summed E-state index contributed by atoms with van der Waals surface area (Å²) in [7, 11) is 0. The van der Waals surface area contributed by atoms with E-state index in [1.165, 1.54) is 0 Å². The highest BCUT2D eigenvalue weighted by molar-refractivity contribution is 6.30. The first-order chi connectivity index (χ1) is 14.1. The van der Waals surface area contributed by atoms with Gasteiger partial charge in [0.05, 0.1) is 5.69 Å². The van der Waals surface area contributed by atoms with Crippen molar-refractivity contribution in [3.05, 3.63) is 65.2 Å².